The molecule has 0 spiro atoms. The van der Waals surface area contributed by atoms with Crippen LogP contribution >= 0.6 is 0 Å². The van der Waals surface area contributed by atoms with Crippen molar-refractivity contribution in [3.8, 4) is 0 Å². The van der Waals surface area contributed by atoms with E-state index in [9.17, 15) is 5.11 Å². The summed E-state index contributed by atoms with van der Waals surface area (Å²) < 4.78 is 23.7. The Morgan fingerprint density at radius 1 is 1.25 bits per heavy atom. The molecule has 2 unspecified atom stereocenters. The van der Waals surface area contributed by atoms with Crippen LogP contribution in [-0.4, -0.2) is 63.2 Å². The van der Waals surface area contributed by atoms with Gasteiger partial charge in [-0.2, -0.15) is 0 Å². The molecule has 0 aliphatic rings. The van der Waals surface area contributed by atoms with E-state index in [-0.39, 0.29) is 12.3 Å². The molecular formula is C12H24N2O5Si. The van der Waals surface area contributed by atoms with Crippen LogP contribution in [0.25, 0.3) is 0 Å². The molecule has 1 rings (SSSR count). The van der Waals surface area contributed by atoms with Crippen molar-refractivity contribution in [1.29, 1.82) is 0 Å². The van der Waals surface area contributed by atoms with Gasteiger partial charge in [0.15, 0.2) is 0 Å². The lowest BCUT2D eigenvalue weighted by molar-refractivity contribution is -0.0281. The Bertz CT molecular complexity index is 350. The Kier molecular flexibility index (Phi) is 7.34. The minimum atomic E-state index is -2.85. The summed E-state index contributed by atoms with van der Waals surface area (Å²) in [5.41, 5.74) is -0.306. The molecule has 0 aliphatic heterocycles. The molecule has 8 heteroatoms. The van der Waals surface area contributed by atoms with E-state index in [4.69, 9.17) is 18.0 Å². The van der Waals surface area contributed by atoms with Gasteiger partial charge in [-0.3, -0.25) is 0 Å². The summed E-state index contributed by atoms with van der Waals surface area (Å²) in [5, 5.41) is 9.97. The Morgan fingerprint density at radius 3 is 2.35 bits per heavy atom. The lowest BCUT2D eigenvalue weighted by Gasteiger charge is -2.32. The van der Waals surface area contributed by atoms with Crippen molar-refractivity contribution in [2.24, 2.45) is 0 Å². The topological polar surface area (TPSA) is 75.0 Å². The van der Waals surface area contributed by atoms with Crippen LogP contribution in [0.2, 0.25) is 0 Å². The fourth-order valence-corrected chi connectivity index (χ4v) is 4.12. The smallest absolute Gasteiger partial charge is 0.389 e. The minimum Gasteiger partial charge on any atom is -0.389 e. The van der Waals surface area contributed by atoms with E-state index in [1.807, 2.05) is 6.92 Å². The van der Waals surface area contributed by atoms with Crippen molar-refractivity contribution < 1.29 is 23.1 Å². The molecule has 2 atom stereocenters. The van der Waals surface area contributed by atoms with E-state index in [0.717, 1.165) is 0 Å². The normalized spacial score (nSPS) is 15.2. The Balaban J connectivity index is 2.51. The van der Waals surface area contributed by atoms with Gasteiger partial charge in [0.2, 0.25) is 0 Å². The molecule has 1 N–H and O–H groups in total. The van der Waals surface area contributed by atoms with Gasteiger partial charge in [-0.1, -0.05) is 6.92 Å². The first-order valence-corrected chi connectivity index (χ1v) is 8.32. The number of aliphatic hydroxyl groups is 1. The molecule has 1 aromatic rings. The van der Waals surface area contributed by atoms with E-state index >= 15 is 0 Å². The van der Waals surface area contributed by atoms with E-state index in [0.29, 0.717) is 13.0 Å². The number of aromatic nitrogens is 2. The number of aliphatic hydroxyl groups excluding tert-OH is 1. The van der Waals surface area contributed by atoms with Crippen LogP contribution in [-0.2, 0) is 24.6 Å². The summed E-state index contributed by atoms with van der Waals surface area (Å²) in [5.74, 6) is 0. The molecule has 1 heterocycles. The highest BCUT2D eigenvalue weighted by atomic mass is 28.4. The summed E-state index contributed by atoms with van der Waals surface area (Å²) in [6.07, 6.45) is 5.16. The Labute approximate surface area is 120 Å². The second-order valence-corrected chi connectivity index (χ2v) is 7.44. The van der Waals surface area contributed by atoms with Crippen LogP contribution in [0.4, 0.5) is 0 Å². The van der Waals surface area contributed by atoms with Crippen molar-refractivity contribution in [2.45, 2.75) is 31.7 Å². The molecule has 1 aromatic heterocycles. The van der Waals surface area contributed by atoms with Crippen molar-refractivity contribution in [3.63, 3.8) is 0 Å². The summed E-state index contributed by atoms with van der Waals surface area (Å²) in [6.45, 7) is 2.57. The number of rotatable bonds is 10. The predicted molar refractivity (Wildman–Crippen MR) is 75.0 cm³/mol. The van der Waals surface area contributed by atoms with Gasteiger partial charge in [0.05, 0.1) is 25.6 Å². The highest BCUT2D eigenvalue weighted by Gasteiger charge is 2.47. The predicted octanol–water partition coefficient (Wildman–Crippen LogP) is 0.456. The van der Waals surface area contributed by atoms with E-state index in [2.05, 4.69) is 4.98 Å². The summed E-state index contributed by atoms with van der Waals surface area (Å²) in [7, 11) is 1.80. The van der Waals surface area contributed by atoms with Crippen LogP contribution < -0.4 is 0 Å². The molecule has 7 nitrogen and oxygen atoms in total. The van der Waals surface area contributed by atoms with Gasteiger partial charge in [0, 0.05) is 33.7 Å². The van der Waals surface area contributed by atoms with E-state index in [1.54, 1.807) is 44.6 Å². The van der Waals surface area contributed by atoms with Crippen molar-refractivity contribution in [2.75, 3.05) is 27.9 Å². The third-order valence-corrected chi connectivity index (χ3v) is 6.16. The lowest BCUT2D eigenvalue weighted by atomic mass is 10.4. The van der Waals surface area contributed by atoms with Crippen LogP contribution in [0, 0.1) is 0 Å². The number of hydrogen-bond donors (Lipinski definition) is 1. The van der Waals surface area contributed by atoms with Crippen molar-refractivity contribution in [1.82, 2.24) is 9.55 Å². The first kappa shape index (κ1) is 17.3. The van der Waals surface area contributed by atoms with Gasteiger partial charge in [-0.15, -0.1) is 0 Å². The monoisotopic (exact) mass is 304 g/mol. The van der Waals surface area contributed by atoms with Crippen molar-refractivity contribution >= 4 is 8.80 Å². The minimum absolute atomic E-state index is 0.182. The van der Waals surface area contributed by atoms with Gasteiger partial charge in [-0.25, -0.2) is 4.98 Å². The first-order valence-electron chi connectivity index (χ1n) is 6.52. The average Bonchev–Trinajstić information content (AvgIpc) is 2.97. The molecule has 0 bridgehead atoms. The fraction of sp³-hybridized carbons (Fsp3) is 0.750. The van der Waals surface area contributed by atoms with Crippen LogP contribution in [0.3, 0.4) is 0 Å². The zero-order valence-electron chi connectivity index (χ0n) is 12.5. The van der Waals surface area contributed by atoms with E-state index in [1.165, 1.54) is 0 Å². The molecule has 0 aromatic carbocycles. The first-order chi connectivity index (χ1) is 9.61. The zero-order valence-corrected chi connectivity index (χ0v) is 13.5. The van der Waals surface area contributed by atoms with Gasteiger partial charge in [0.25, 0.3) is 0 Å². The second kappa shape index (κ2) is 8.50. The summed E-state index contributed by atoms with van der Waals surface area (Å²) >= 11 is 0. The van der Waals surface area contributed by atoms with E-state index < -0.39 is 14.9 Å². The molecule has 0 aliphatic carbocycles. The lowest BCUT2D eigenvalue weighted by Crippen LogP contribution is -2.55. The van der Waals surface area contributed by atoms with Crippen LogP contribution in [0.1, 0.15) is 13.3 Å². The molecule has 0 radical (unpaired) electrons. The van der Waals surface area contributed by atoms with Gasteiger partial charge < -0.3 is 27.7 Å². The van der Waals surface area contributed by atoms with Crippen LogP contribution in [0.5, 0.6) is 0 Å². The van der Waals surface area contributed by atoms with Crippen molar-refractivity contribution in [3.05, 3.63) is 18.7 Å². The Morgan fingerprint density at radius 2 is 1.90 bits per heavy atom. The summed E-state index contributed by atoms with van der Waals surface area (Å²) in [6, 6.07) is 0. The number of imidazole rings is 1. The SMILES string of the molecule is CCC(OCC(O)Cn1ccnc1)[Si](OC)(OC)OC. The third kappa shape index (κ3) is 4.37. The second-order valence-electron chi connectivity index (χ2n) is 4.36. The average molecular weight is 304 g/mol. The maximum absolute atomic E-state index is 9.97. The standard InChI is InChI=1S/C12H24N2O5Si/c1-5-12(20(16-2,17-3)18-4)19-9-11(15)8-14-7-6-13-10-14/h6-7,10-12,15H,5,8-9H2,1-4H3. The highest BCUT2D eigenvalue weighted by molar-refractivity contribution is 6.62. The van der Waals surface area contributed by atoms with Gasteiger partial charge in [-0.05, 0) is 6.42 Å². The quantitative estimate of drug-likeness (QED) is 0.633. The fourth-order valence-electron chi connectivity index (χ4n) is 2.03. The highest BCUT2D eigenvalue weighted by Crippen LogP contribution is 2.18. The maximum atomic E-state index is 9.97. The third-order valence-electron chi connectivity index (χ3n) is 3.09. The molecule has 0 saturated carbocycles. The maximum Gasteiger partial charge on any atom is 0.530 e. The molecule has 20 heavy (non-hydrogen) atoms. The molecule has 0 amide bonds. The van der Waals surface area contributed by atoms with Gasteiger partial charge in [0.1, 0.15) is 5.73 Å². The number of nitrogens with zero attached hydrogens (tertiary/aromatic N) is 2. The molecule has 0 fully saturated rings. The zero-order chi connectivity index (χ0) is 15.0. The molecule has 116 valence electrons. The molecule has 0 saturated heterocycles. The molecular weight excluding hydrogens is 280 g/mol. The van der Waals surface area contributed by atoms with Crippen LogP contribution in [0.15, 0.2) is 18.7 Å². The number of ether oxygens (including phenoxy) is 1. The summed E-state index contributed by atoms with van der Waals surface area (Å²) in [4.78, 5) is 3.92. The Hall–Kier alpha value is -0.773. The largest absolute Gasteiger partial charge is 0.530 e. The van der Waals surface area contributed by atoms with Gasteiger partial charge >= 0.3 is 8.80 Å². The number of hydrogen-bond acceptors (Lipinski definition) is 6.